The van der Waals surface area contributed by atoms with Gasteiger partial charge in [-0.2, -0.15) is 5.26 Å². The lowest BCUT2D eigenvalue weighted by Crippen LogP contribution is -2.34. The summed E-state index contributed by atoms with van der Waals surface area (Å²) < 4.78 is 0. The molecular formula is C8H14N2O. The first-order valence-corrected chi connectivity index (χ1v) is 3.75. The Kier molecular flexibility index (Phi) is 4.28. The van der Waals surface area contributed by atoms with E-state index >= 15 is 0 Å². The van der Waals surface area contributed by atoms with Crippen LogP contribution in [0, 0.1) is 17.2 Å². The van der Waals surface area contributed by atoms with Crippen LogP contribution in [0.3, 0.4) is 0 Å². The summed E-state index contributed by atoms with van der Waals surface area (Å²) in [5, 5.41) is 11.0. The molecule has 0 heterocycles. The van der Waals surface area contributed by atoms with Gasteiger partial charge in [0.15, 0.2) is 0 Å². The van der Waals surface area contributed by atoms with Crippen LogP contribution in [0.25, 0.3) is 0 Å². The fourth-order valence-electron chi connectivity index (χ4n) is 0.656. The number of hydrogen-bond acceptors (Lipinski definition) is 2. The summed E-state index contributed by atoms with van der Waals surface area (Å²) in [5.41, 5.74) is 0. The molecule has 0 aliphatic heterocycles. The molecule has 11 heavy (non-hydrogen) atoms. The summed E-state index contributed by atoms with van der Waals surface area (Å²) in [7, 11) is 0. The first-order valence-electron chi connectivity index (χ1n) is 3.75. The Morgan fingerprint density at radius 3 is 2.45 bits per heavy atom. The number of rotatable bonds is 3. The standard InChI is InChI=1S/C8H14N2O/c1-6(2)10-8(11)7(3)4-5-9/h6-7H,4H2,1-3H3,(H,10,11). The van der Waals surface area contributed by atoms with Gasteiger partial charge in [0, 0.05) is 18.4 Å². The molecule has 3 heteroatoms. The van der Waals surface area contributed by atoms with Crippen molar-refractivity contribution >= 4 is 5.91 Å². The fraction of sp³-hybridized carbons (Fsp3) is 0.750. The van der Waals surface area contributed by atoms with Crippen molar-refractivity contribution in [3.8, 4) is 6.07 Å². The van der Waals surface area contributed by atoms with E-state index in [9.17, 15) is 4.79 Å². The van der Waals surface area contributed by atoms with Gasteiger partial charge < -0.3 is 5.32 Å². The number of carbonyl (C=O) groups excluding carboxylic acids is 1. The van der Waals surface area contributed by atoms with E-state index in [1.165, 1.54) is 0 Å². The summed E-state index contributed by atoms with van der Waals surface area (Å²) in [6, 6.07) is 2.12. The van der Waals surface area contributed by atoms with Gasteiger partial charge in [-0.1, -0.05) is 6.92 Å². The Hall–Kier alpha value is -1.04. The normalized spacial score (nSPS) is 12.3. The average molecular weight is 154 g/mol. The monoisotopic (exact) mass is 154 g/mol. The molecule has 1 N–H and O–H groups in total. The van der Waals surface area contributed by atoms with Gasteiger partial charge in [-0.3, -0.25) is 4.79 Å². The van der Waals surface area contributed by atoms with Gasteiger partial charge in [0.1, 0.15) is 0 Å². The molecule has 0 saturated carbocycles. The van der Waals surface area contributed by atoms with E-state index < -0.39 is 0 Å². The van der Waals surface area contributed by atoms with Crippen molar-refractivity contribution in [3.63, 3.8) is 0 Å². The Labute approximate surface area is 67.4 Å². The highest BCUT2D eigenvalue weighted by molar-refractivity contribution is 5.78. The molecule has 0 saturated heterocycles. The number of amides is 1. The van der Waals surface area contributed by atoms with Crippen molar-refractivity contribution < 1.29 is 4.79 Å². The Morgan fingerprint density at radius 2 is 2.09 bits per heavy atom. The zero-order valence-electron chi connectivity index (χ0n) is 7.22. The minimum absolute atomic E-state index is 0.0402. The molecule has 0 radical (unpaired) electrons. The van der Waals surface area contributed by atoms with E-state index in [0.29, 0.717) is 6.42 Å². The third kappa shape index (κ3) is 4.38. The summed E-state index contributed by atoms with van der Waals surface area (Å²) in [6.45, 7) is 5.55. The highest BCUT2D eigenvalue weighted by atomic mass is 16.1. The van der Waals surface area contributed by atoms with Crippen molar-refractivity contribution in [1.29, 1.82) is 5.26 Å². The quantitative estimate of drug-likeness (QED) is 0.660. The molecule has 1 atom stereocenters. The zero-order valence-corrected chi connectivity index (χ0v) is 7.22. The van der Waals surface area contributed by atoms with Gasteiger partial charge in [-0.15, -0.1) is 0 Å². The van der Waals surface area contributed by atoms with E-state index in [1.807, 2.05) is 19.9 Å². The second-order valence-electron chi connectivity index (χ2n) is 2.93. The van der Waals surface area contributed by atoms with Crippen LogP contribution in [0.4, 0.5) is 0 Å². The van der Waals surface area contributed by atoms with E-state index in [1.54, 1.807) is 6.92 Å². The maximum Gasteiger partial charge on any atom is 0.224 e. The minimum Gasteiger partial charge on any atom is -0.354 e. The van der Waals surface area contributed by atoms with Crippen molar-refractivity contribution in [1.82, 2.24) is 5.32 Å². The molecule has 62 valence electrons. The van der Waals surface area contributed by atoms with Gasteiger partial charge >= 0.3 is 0 Å². The predicted molar refractivity (Wildman–Crippen MR) is 42.7 cm³/mol. The first kappa shape index (κ1) is 9.96. The van der Waals surface area contributed by atoms with Crippen LogP contribution in [-0.2, 0) is 4.79 Å². The number of nitrogens with zero attached hydrogens (tertiary/aromatic N) is 1. The van der Waals surface area contributed by atoms with E-state index in [0.717, 1.165) is 0 Å². The molecule has 0 rings (SSSR count). The smallest absolute Gasteiger partial charge is 0.224 e. The van der Waals surface area contributed by atoms with Crippen LogP contribution in [0.2, 0.25) is 0 Å². The Bertz CT molecular complexity index is 169. The van der Waals surface area contributed by atoms with Crippen LogP contribution >= 0.6 is 0 Å². The summed E-state index contributed by atoms with van der Waals surface area (Å²) in [5.74, 6) is -0.232. The van der Waals surface area contributed by atoms with Crippen molar-refractivity contribution in [2.24, 2.45) is 5.92 Å². The third-order valence-electron chi connectivity index (χ3n) is 1.28. The highest BCUT2D eigenvalue weighted by Gasteiger charge is 2.12. The van der Waals surface area contributed by atoms with Crippen LogP contribution in [0.1, 0.15) is 27.2 Å². The minimum atomic E-state index is -0.192. The van der Waals surface area contributed by atoms with Gasteiger partial charge in [0.2, 0.25) is 5.91 Å². The molecule has 3 nitrogen and oxygen atoms in total. The van der Waals surface area contributed by atoms with E-state index in [-0.39, 0.29) is 17.9 Å². The maximum absolute atomic E-state index is 11.1. The van der Waals surface area contributed by atoms with Crippen LogP contribution in [0.15, 0.2) is 0 Å². The largest absolute Gasteiger partial charge is 0.354 e. The molecular weight excluding hydrogens is 140 g/mol. The fourth-order valence-corrected chi connectivity index (χ4v) is 0.656. The van der Waals surface area contributed by atoms with E-state index in [2.05, 4.69) is 5.32 Å². The number of carbonyl (C=O) groups is 1. The van der Waals surface area contributed by atoms with E-state index in [4.69, 9.17) is 5.26 Å². The molecule has 1 unspecified atom stereocenters. The summed E-state index contributed by atoms with van der Waals surface area (Å²) in [4.78, 5) is 11.1. The lowest BCUT2D eigenvalue weighted by atomic mass is 10.1. The first-order chi connectivity index (χ1) is 5.07. The topological polar surface area (TPSA) is 52.9 Å². The highest BCUT2D eigenvalue weighted by Crippen LogP contribution is 1.99. The Balaban J connectivity index is 3.75. The van der Waals surface area contributed by atoms with Gasteiger partial charge in [-0.05, 0) is 13.8 Å². The molecule has 0 aliphatic rings. The predicted octanol–water partition coefficient (Wildman–Crippen LogP) is 1.06. The number of nitrogens with one attached hydrogen (secondary N) is 1. The van der Waals surface area contributed by atoms with Crippen molar-refractivity contribution in [2.45, 2.75) is 33.2 Å². The molecule has 1 amide bonds. The molecule has 0 aromatic carbocycles. The van der Waals surface area contributed by atoms with Crippen LogP contribution in [-0.4, -0.2) is 11.9 Å². The molecule has 0 aromatic heterocycles. The van der Waals surface area contributed by atoms with Gasteiger partial charge in [0.25, 0.3) is 0 Å². The molecule has 0 spiro atoms. The Morgan fingerprint density at radius 1 is 1.55 bits per heavy atom. The lowest BCUT2D eigenvalue weighted by Gasteiger charge is -2.11. The molecule has 0 fully saturated rings. The van der Waals surface area contributed by atoms with Crippen LogP contribution in [0.5, 0.6) is 0 Å². The van der Waals surface area contributed by atoms with Gasteiger partial charge in [0.05, 0.1) is 6.07 Å². The van der Waals surface area contributed by atoms with Crippen LogP contribution < -0.4 is 5.32 Å². The number of nitriles is 1. The van der Waals surface area contributed by atoms with Crippen molar-refractivity contribution in [2.75, 3.05) is 0 Å². The zero-order chi connectivity index (χ0) is 8.85. The second-order valence-corrected chi connectivity index (χ2v) is 2.93. The number of hydrogen-bond donors (Lipinski definition) is 1. The molecule has 0 aliphatic carbocycles. The SMILES string of the molecule is CC(C)NC(=O)C(C)CC#N. The van der Waals surface area contributed by atoms with Gasteiger partial charge in [-0.25, -0.2) is 0 Å². The van der Waals surface area contributed by atoms with Crippen molar-refractivity contribution in [3.05, 3.63) is 0 Å². The average Bonchev–Trinajstić information content (AvgIpc) is 1.86. The maximum atomic E-state index is 11.1. The summed E-state index contributed by atoms with van der Waals surface area (Å²) >= 11 is 0. The molecule has 0 aromatic rings. The lowest BCUT2D eigenvalue weighted by molar-refractivity contribution is -0.124. The summed E-state index contributed by atoms with van der Waals surface area (Å²) in [6.07, 6.45) is 0.290. The molecule has 0 bridgehead atoms. The third-order valence-corrected chi connectivity index (χ3v) is 1.28. The second kappa shape index (κ2) is 4.73.